The molecule has 33 heavy (non-hydrogen) atoms. The Bertz CT molecular complexity index is 1170. The molecule has 184 valence electrons. The van der Waals surface area contributed by atoms with E-state index >= 15 is 0 Å². The van der Waals surface area contributed by atoms with Crippen molar-refractivity contribution >= 4 is 67.2 Å². The summed E-state index contributed by atoms with van der Waals surface area (Å²) in [4.78, 5) is 13.0. The van der Waals surface area contributed by atoms with Crippen LogP contribution in [0, 0.1) is 0 Å². The molecule has 0 aliphatic carbocycles. The molecular weight excluding hydrogens is 528 g/mol. The van der Waals surface area contributed by atoms with Crippen LogP contribution in [0.2, 0.25) is 5.28 Å². The van der Waals surface area contributed by atoms with Crippen molar-refractivity contribution in [3.63, 3.8) is 0 Å². The number of nitrogens with two attached hydrogens (primary N) is 1. The number of aromatic nitrogens is 3. The van der Waals surface area contributed by atoms with Crippen LogP contribution < -0.4 is 16.0 Å². The average molecular weight is 547 g/mol. The molecule has 2 rings (SSSR count). The van der Waals surface area contributed by atoms with Crippen LogP contribution in [0.15, 0.2) is 23.1 Å². The number of benzene rings is 1. The minimum absolute atomic E-state index is 0.0154. The van der Waals surface area contributed by atoms with Crippen LogP contribution in [0.4, 0.5) is 23.3 Å². The van der Waals surface area contributed by atoms with Crippen molar-refractivity contribution in [3.8, 4) is 0 Å². The van der Waals surface area contributed by atoms with Crippen LogP contribution in [0.1, 0.15) is 0 Å². The molecule has 1 heterocycles. The summed E-state index contributed by atoms with van der Waals surface area (Å²) in [7, 11) is -6.44. The van der Waals surface area contributed by atoms with E-state index in [1.54, 1.807) is 7.05 Å². The molecule has 5 N–H and O–H groups in total. The Morgan fingerprint density at radius 2 is 1.94 bits per heavy atom. The van der Waals surface area contributed by atoms with Crippen LogP contribution in [-0.4, -0.2) is 73.3 Å². The van der Waals surface area contributed by atoms with Gasteiger partial charge in [0.25, 0.3) is 10.1 Å². The molecule has 2 aromatic rings. The van der Waals surface area contributed by atoms with Gasteiger partial charge in [-0.05, 0) is 29.8 Å². The van der Waals surface area contributed by atoms with E-state index < -0.39 is 24.9 Å². The lowest BCUT2D eigenvalue weighted by molar-refractivity contribution is -0.434. The first-order chi connectivity index (χ1) is 15.4. The molecule has 0 atom stereocenters. The maximum absolute atomic E-state index is 12.1. The monoisotopic (exact) mass is 546 g/mol. The van der Waals surface area contributed by atoms with Gasteiger partial charge in [-0.2, -0.15) is 23.4 Å². The number of sulfone groups is 1. The van der Waals surface area contributed by atoms with E-state index in [1.807, 2.05) is 0 Å². The topological polar surface area (TPSA) is 216 Å². The van der Waals surface area contributed by atoms with Gasteiger partial charge in [-0.15, -0.1) is 4.33 Å². The number of hydrogen-bond acceptors (Lipinski definition) is 15. The van der Waals surface area contributed by atoms with E-state index in [2.05, 4.69) is 29.6 Å². The van der Waals surface area contributed by atoms with E-state index in [0.29, 0.717) is 5.69 Å². The van der Waals surface area contributed by atoms with Gasteiger partial charge in [0.1, 0.15) is 4.90 Å². The van der Waals surface area contributed by atoms with Gasteiger partial charge in [-0.25, -0.2) is 13.7 Å². The van der Waals surface area contributed by atoms with E-state index in [-0.39, 0.29) is 59.8 Å². The highest BCUT2D eigenvalue weighted by atomic mass is 35.5. The molecule has 0 amide bonds. The summed E-state index contributed by atoms with van der Waals surface area (Å²) in [6, 6.07) is 3.67. The Labute approximate surface area is 198 Å². The number of anilines is 4. The van der Waals surface area contributed by atoms with Crippen LogP contribution in [0.25, 0.3) is 0 Å². The molecule has 0 aliphatic heterocycles. The molecule has 0 fully saturated rings. The van der Waals surface area contributed by atoms with Crippen molar-refractivity contribution in [2.75, 3.05) is 47.7 Å². The summed E-state index contributed by atoms with van der Waals surface area (Å²) in [5.41, 5.74) is 5.74. The predicted octanol–water partition coefficient (Wildman–Crippen LogP) is 0.950. The molecule has 0 radical (unpaired) electrons. The van der Waals surface area contributed by atoms with Crippen molar-refractivity contribution in [1.29, 1.82) is 0 Å². The number of hydrogen-bond donors (Lipinski definition) is 4. The molecule has 0 saturated carbocycles. The third-order valence-electron chi connectivity index (χ3n) is 3.80. The van der Waals surface area contributed by atoms with Crippen LogP contribution >= 0.6 is 23.9 Å². The number of halogens is 1. The third-order valence-corrected chi connectivity index (χ3v) is 6.87. The van der Waals surface area contributed by atoms with Gasteiger partial charge in [-0.1, -0.05) is 5.04 Å². The Balaban J connectivity index is 2.03. The molecule has 0 unspecified atom stereocenters. The third kappa shape index (κ3) is 9.02. The van der Waals surface area contributed by atoms with Crippen LogP contribution in [-0.2, 0) is 33.5 Å². The summed E-state index contributed by atoms with van der Waals surface area (Å²) < 4.78 is 64.5. The number of nitrogen functional groups attached to an aromatic ring is 1. The first kappa shape index (κ1) is 27.2. The second kappa shape index (κ2) is 11.9. The van der Waals surface area contributed by atoms with Crippen LogP contribution in [0.3, 0.4) is 0 Å². The average Bonchev–Trinajstić information content (AvgIpc) is 2.70. The van der Waals surface area contributed by atoms with E-state index in [9.17, 15) is 16.8 Å². The number of rotatable bonds is 13. The Hall–Kier alpha value is -2.03. The number of nitrogens with zero attached hydrogens (tertiary/aromatic N) is 4. The van der Waals surface area contributed by atoms with Gasteiger partial charge in [0.2, 0.25) is 17.2 Å². The zero-order chi connectivity index (χ0) is 24.6. The quantitative estimate of drug-likeness (QED) is 0.0686. The second-order valence-corrected chi connectivity index (χ2v) is 10.7. The highest BCUT2D eigenvalue weighted by Crippen LogP contribution is 2.24. The standard InChI is InChI=1S/C14H19ClN6O9S3/c1-21(4-6-32(23,24)7-5-28-31-30-29-22)14-19-12(15)18-13(20-14)17-9-2-3-11(10(16)8-9)33(25,26)27/h2-3,8,22H,4-7,16H2,1H3,(H,25,26,27)(H,17,18,19,20). The molecule has 0 spiro atoms. The van der Waals surface area contributed by atoms with Gasteiger partial charge in [0.15, 0.2) is 22.2 Å². The van der Waals surface area contributed by atoms with Gasteiger partial charge in [0, 0.05) is 19.3 Å². The minimum Gasteiger partial charge on any atom is -0.398 e. The lowest BCUT2D eigenvalue weighted by Crippen LogP contribution is -2.29. The number of nitrogens with one attached hydrogen (secondary N) is 1. The minimum atomic E-state index is -4.48. The molecule has 19 heteroatoms. The first-order valence-electron chi connectivity index (χ1n) is 8.65. The van der Waals surface area contributed by atoms with Crippen molar-refractivity contribution in [2.45, 2.75) is 4.90 Å². The van der Waals surface area contributed by atoms with Gasteiger partial charge in [-0.3, -0.25) is 8.74 Å². The Morgan fingerprint density at radius 1 is 1.21 bits per heavy atom. The maximum atomic E-state index is 12.1. The lowest BCUT2D eigenvalue weighted by atomic mass is 10.3. The Kier molecular flexibility index (Phi) is 9.82. The molecule has 0 bridgehead atoms. The lowest BCUT2D eigenvalue weighted by Gasteiger charge is -2.17. The van der Waals surface area contributed by atoms with Crippen molar-refractivity contribution in [3.05, 3.63) is 23.5 Å². The normalized spacial score (nSPS) is 12.0. The smallest absolute Gasteiger partial charge is 0.296 e. The Morgan fingerprint density at radius 3 is 2.58 bits per heavy atom. The van der Waals surface area contributed by atoms with Gasteiger partial charge < -0.3 is 16.0 Å². The molecule has 1 aromatic heterocycles. The van der Waals surface area contributed by atoms with E-state index in [0.717, 1.165) is 6.07 Å². The fraction of sp³-hybridized carbons (Fsp3) is 0.357. The van der Waals surface area contributed by atoms with Crippen molar-refractivity contribution < 1.29 is 40.2 Å². The zero-order valence-electron chi connectivity index (χ0n) is 16.8. The maximum Gasteiger partial charge on any atom is 0.296 e. The molecular formula is C14H19ClN6O9S3. The molecule has 1 aromatic carbocycles. The molecule has 15 nitrogen and oxygen atoms in total. The summed E-state index contributed by atoms with van der Waals surface area (Å²) in [6.45, 7) is -0.188. The zero-order valence-corrected chi connectivity index (χ0v) is 20.0. The summed E-state index contributed by atoms with van der Waals surface area (Å²) in [5.74, 6) is -0.520. The van der Waals surface area contributed by atoms with Crippen LogP contribution in [0.5, 0.6) is 0 Å². The van der Waals surface area contributed by atoms with Crippen molar-refractivity contribution in [2.24, 2.45) is 0 Å². The highest BCUT2D eigenvalue weighted by molar-refractivity contribution is 7.91. The summed E-state index contributed by atoms with van der Waals surface area (Å²) in [6.07, 6.45) is 0. The molecule has 0 saturated heterocycles. The molecule has 0 aliphatic rings. The van der Waals surface area contributed by atoms with E-state index in [1.165, 1.54) is 17.0 Å². The van der Waals surface area contributed by atoms with E-state index in [4.69, 9.17) is 31.3 Å². The predicted molar refractivity (Wildman–Crippen MR) is 119 cm³/mol. The summed E-state index contributed by atoms with van der Waals surface area (Å²) >= 11 is 6.21. The van der Waals surface area contributed by atoms with Crippen molar-refractivity contribution in [1.82, 2.24) is 15.0 Å². The highest BCUT2D eigenvalue weighted by Gasteiger charge is 2.17. The fourth-order valence-electron chi connectivity index (χ4n) is 2.26. The fourth-order valence-corrected chi connectivity index (χ4v) is 4.43. The SMILES string of the molecule is CN(CCS(=O)(=O)CCOSOOO)c1nc(Cl)nc(Nc2ccc(S(=O)(=O)O)c(N)c2)n1. The second-order valence-electron chi connectivity index (χ2n) is 6.19. The van der Waals surface area contributed by atoms with Gasteiger partial charge in [0.05, 0.1) is 23.8 Å². The van der Waals surface area contributed by atoms with Gasteiger partial charge >= 0.3 is 0 Å². The first-order valence-corrected chi connectivity index (χ1v) is 13.0. The largest absolute Gasteiger partial charge is 0.398 e. The summed E-state index contributed by atoms with van der Waals surface area (Å²) in [5, 5.41) is 13.8.